The smallest absolute Gasteiger partial charge is 0.313 e. The van der Waals surface area contributed by atoms with Crippen molar-refractivity contribution >= 4 is 28.8 Å². The Morgan fingerprint density at radius 3 is 2.64 bits per heavy atom. The van der Waals surface area contributed by atoms with Crippen molar-refractivity contribution in [1.82, 2.24) is 24.8 Å². The van der Waals surface area contributed by atoms with Crippen LogP contribution in [0, 0.1) is 11.8 Å². The Balaban J connectivity index is 1.43. The summed E-state index contributed by atoms with van der Waals surface area (Å²) in [6.45, 7) is 9.14. The molecule has 2 aromatic carbocycles. The maximum atomic E-state index is 14.8. The van der Waals surface area contributed by atoms with Gasteiger partial charge in [-0.1, -0.05) is 66.4 Å². The summed E-state index contributed by atoms with van der Waals surface area (Å²) >= 11 is 0. The minimum Gasteiger partial charge on any atom is -0.461 e. The predicted octanol–water partition coefficient (Wildman–Crippen LogP) is 2.50. The molecule has 4 heterocycles. The SMILES string of the molecule is C=CCOC(=O)[C@@H]1[C@H]2C(=O)N([C@@H](CO)Cc3ccccc3)C(C(=O)N(CC=C)Cn3nnc4ccccc43)C23CC[C@@]1(C)O3. The molecule has 1 aromatic heterocycles. The summed E-state index contributed by atoms with van der Waals surface area (Å²) in [5.41, 5.74) is 0.0656. The van der Waals surface area contributed by atoms with E-state index in [0.29, 0.717) is 24.8 Å². The van der Waals surface area contributed by atoms with Crippen molar-refractivity contribution in [3.8, 4) is 0 Å². The van der Waals surface area contributed by atoms with E-state index in [1.807, 2.05) is 61.5 Å². The number of fused-ring (bicyclic) bond motifs is 2. The number of carbonyl (C=O) groups is 3. The molecule has 6 rings (SSSR count). The van der Waals surface area contributed by atoms with Gasteiger partial charge >= 0.3 is 5.97 Å². The summed E-state index contributed by atoms with van der Waals surface area (Å²) in [6.07, 6.45) is 4.27. The highest BCUT2D eigenvalue weighted by atomic mass is 16.6. The average molecular weight is 600 g/mol. The number of aliphatic hydroxyl groups is 1. The zero-order valence-electron chi connectivity index (χ0n) is 24.7. The molecule has 3 fully saturated rings. The summed E-state index contributed by atoms with van der Waals surface area (Å²) in [5.74, 6) is -3.19. The third-order valence-corrected chi connectivity index (χ3v) is 9.35. The first kappa shape index (κ1) is 29.7. The molecule has 11 heteroatoms. The largest absolute Gasteiger partial charge is 0.461 e. The van der Waals surface area contributed by atoms with Crippen LogP contribution in [0.25, 0.3) is 11.0 Å². The lowest BCUT2D eigenvalue weighted by Crippen LogP contribution is -2.59. The third-order valence-electron chi connectivity index (χ3n) is 9.35. The van der Waals surface area contributed by atoms with Crippen molar-refractivity contribution < 1.29 is 29.0 Å². The number of nitrogens with zero attached hydrogens (tertiary/aromatic N) is 5. The van der Waals surface area contributed by atoms with Gasteiger partial charge in [0.15, 0.2) is 0 Å². The maximum Gasteiger partial charge on any atom is 0.313 e. The number of amides is 2. The molecular formula is C33H37N5O6. The molecule has 6 atom stereocenters. The number of aromatic nitrogens is 3. The first-order valence-corrected chi connectivity index (χ1v) is 14.9. The van der Waals surface area contributed by atoms with Crippen LogP contribution in [0.5, 0.6) is 0 Å². The van der Waals surface area contributed by atoms with Crippen molar-refractivity contribution in [1.29, 1.82) is 0 Å². The molecule has 0 aliphatic carbocycles. The van der Waals surface area contributed by atoms with Crippen molar-refractivity contribution in [2.75, 3.05) is 19.8 Å². The second kappa shape index (κ2) is 11.6. The highest BCUT2D eigenvalue weighted by Crippen LogP contribution is 2.63. The van der Waals surface area contributed by atoms with Crippen molar-refractivity contribution in [3.63, 3.8) is 0 Å². The second-order valence-electron chi connectivity index (χ2n) is 12.0. The zero-order valence-corrected chi connectivity index (χ0v) is 24.7. The van der Waals surface area contributed by atoms with E-state index in [1.54, 1.807) is 15.7 Å². The molecule has 2 bridgehead atoms. The first-order chi connectivity index (χ1) is 21.3. The number of esters is 1. The number of carbonyl (C=O) groups excluding carboxylic acids is 3. The fourth-order valence-electron chi connectivity index (χ4n) is 7.49. The molecule has 11 nitrogen and oxygen atoms in total. The number of aliphatic hydroxyl groups excluding tert-OH is 1. The number of hydrogen-bond acceptors (Lipinski definition) is 8. The van der Waals surface area contributed by atoms with Crippen LogP contribution < -0.4 is 0 Å². The van der Waals surface area contributed by atoms with E-state index in [2.05, 4.69) is 23.5 Å². The van der Waals surface area contributed by atoms with Crippen LogP contribution in [0.2, 0.25) is 0 Å². The van der Waals surface area contributed by atoms with Gasteiger partial charge in [0, 0.05) is 6.54 Å². The topological polar surface area (TPSA) is 127 Å². The Labute approximate surface area is 255 Å². The highest BCUT2D eigenvalue weighted by molar-refractivity contribution is 5.98. The van der Waals surface area contributed by atoms with E-state index in [0.717, 1.165) is 11.1 Å². The van der Waals surface area contributed by atoms with Crippen LogP contribution in [0.15, 0.2) is 79.9 Å². The molecule has 3 saturated heterocycles. The Morgan fingerprint density at radius 1 is 1.16 bits per heavy atom. The van der Waals surface area contributed by atoms with E-state index in [4.69, 9.17) is 9.47 Å². The number of ether oxygens (including phenoxy) is 2. The Bertz CT molecular complexity index is 1590. The lowest BCUT2D eigenvalue weighted by Gasteiger charge is -2.39. The van der Waals surface area contributed by atoms with Crippen LogP contribution in [0.3, 0.4) is 0 Å². The number of hydrogen-bond donors (Lipinski definition) is 1. The molecule has 1 N–H and O–H groups in total. The standard InChI is InChI=1S/C33H37N5O6/c1-4-17-36(21-37-25-14-10-9-13-24(25)34-35-37)30(41)28-33-16-15-32(3,44-33)27(31(42)43-18-5-2)26(33)29(40)38(28)23(20-39)19-22-11-7-6-8-12-22/h4-14,23,26-28,39H,1-2,15-21H2,3H3/t23-,26+,27+,28?,32-,33?/m1/s1. The number of para-hydroxylation sites is 1. The molecule has 0 saturated carbocycles. The van der Waals surface area contributed by atoms with Gasteiger partial charge in [-0.3, -0.25) is 14.4 Å². The first-order valence-electron chi connectivity index (χ1n) is 14.9. The number of rotatable bonds is 12. The molecule has 2 unspecified atom stereocenters. The minimum atomic E-state index is -1.28. The summed E-state index contributed by atoms with van der Waals surface area (Å²) in [6, 6.07) is 15.1. The van der Waals surface area contributed by atoms with Gasteiger partial charge in [-0.25, -0.2) is 4.68 Å². The summed E-state index contributed by atoms with van der Waals surface area (Å²) in [7, 11) is 0. The fraction of sp³-hybridized carbons (Fsp3) is 0.424. The molecule has 3 aliphatic heterocycles. The van der Waals surface area contributed by atoms with Crippen molar-refractivity contribution in [3.05, 3.63) is 85.5 Å². The molecule has 2 amide bonds. The van der Waals surface area contributed by atoms with Crippen molar-refractivity contribution in [2.45, 2.75) is 56.1 Å². The summed E-state index contributed by atoms with van der Waals surface area (Å²) in [4.78, 5) is 45.9. The van der Waals surface area contributed by atoms with Gasteiger partial charge in [0.25, 0.3) is 0 Å². The van der Waals surface area contributed by atoms with Gasteiger partial charge in [0.05, 0.1) is 29.7 Å². The van der Waals surface area contributed by atoms with Crippen LogP contribution in [-0.2, 0) is 36.9 Å². The van der Waals surface area contributed by atoms with Gasteiger partial charge in [-0.15, -0.1) is 11.7 Å². The van der Waals surface area contributed by atoms with E-state index in [9.17, 15) is 19.5 Å². The minimum absolute atomic E-state index is 0.00234. The lowest BCUT2D eigenvalue weighted by atomic mass is 9.66. The molecule has 0 radical (unpaired) electrons. The number of likely N-dealkylation sites (tertiary alicyclic amines) is 1. The Hall–Kier alpha value is -4.35. The average Bonchev–Trinajstić information content (AvgIpc) is 3.74. The number of benzene rings is 2. The molecule has 230 valence electrons. The molecule has 3 aliphatic rings. The quantitative estimate of drug-likeness (QED) is 0.249. The van der Waals surface area contributed by atoms with Gasteiger partial charge in [0.1, 0.15) is 36.4 Å². The second-order valence-corrected chi connectivity index (χ2v) is 12.0. The van der Waals surface area contributed by atoms with Crippen LogP contribution in [-0.4, -0.2) is 90.7 Å². The summed E-state index contributed by atoms with van der Waals surface area (Å²) < 4.78 is 13.8. The molecule has 3 aromatic rings. The van der Waals surface area contributed by atoms with Gasteiger partial charge in [0.2, 0.25) is 11.8 Å². The van der Waals surface area contributed by atoms with Crippen LogP contribution in [0.1, 0.15) is 25.3 Å². The van der Waals surface area contributed by atoms with Gasteiger partial charge < -0.3 is 24.4 Å². The zero-order chi connectivity index (χ0) is 31.1. The highest BCUT2D eigenvalue weighted by Gasteiger charge is 2.79. The van der Waals surface area contributed by atoms with Gasteiger partial charge in [-0.2, -0.15) is 0 Å². The molecule has 44 heavy (non-hydrogen) atoms. The Morgan fingerprint density at radius 2 is 1.91 bits per heavy atom. The predicted molar refractivity (Wildman–Crippen MR) is 161 cm³/mol. The van der Waals surface area contributed by atoms with Crippen molar-refractivity contribution in [2.24, 2.45) is 11.8 Å². The van der Waals surface area contributed by atoms with E-state index >= 15 is 0 Å². The Kier molecular flexibility index (Phi) is 7.85. The van der Waals surface area contributed by atoms with E-state index < -0.39 is 47.0 Å². The normalized spacial score (nSPS) is 27.7. The summed E-state index contributed by atoms with van der Waals surface area (Å²) in [5, 5.41) is 19.2. The molecule has 1 spiro atoms. The fourth-order valence-corrected chi connectivity index (χ4v) is 7.49. The van der Waals surface area contributed by atoms with Crippen LogP contribution in [0.4, 0.5) is 0 Å². The van der Waals surface area contributed by atoms with E-state index in [1.165, 1.54) is 11.0 Å². The van der Waals surface area contributed by atoms with E-state index in [-0.39, 0.29) is 32.3 Å². The maximum absolute atomic E-state index is 14.8. The third kappa shape index (κ3) is 4.71. The molecular weight excluding hydrogens is 562 g/mol. The van der Waals surface area contributed by atoms with Gasteiger partial charge in [-0.05, 0) is 43.9 Å². The lowest BCUT2D eigenvalue weighted by molar-refractivity contribution is -0.161. The monoisotopic (exact) mass is 599 g/mol. The van der Waals surface area contributed by atoms with Crippen LogP contribution >= 0.6 is 0 Å².